The van der Waals surface area contributed by atoms with Crippen molar-refractivity contribution in [2.45, 2.75) is 6.54 Å². The predicted octanol–water partition coefficient (Wildman–Crippen LogP) is 2.58. The third-order valence-electron chi connectivity index (χ3n) is 3.65. The Hall–Kier alpha value is -3.28. The first-order valence-corrected chi connectivity index (χ1v) is 7.88. The number of carbonyl (C=O) groups is 1. The SMILES string of the molecule is COc1ccccc1OCC(=O)NCc1ccccc1-n1cccn1. The number of amides is 1. The Bertz CT molecular complexity index is 831. The lowest BCUT2D eigenvalue weighted by atomic mass is 10.2. The van der Waals surface area contributed by atoms with Crippen LogP contribution < -0.4 is 14.8 Å². The number of rotatable bonds is 7. The van der Waals surface area contributed by atoms with Crippen molar-refractivity contribution in [2.24, 2.45) is 0 Å². The van der Waals surface area contributed by atoms with Gasteiger partial charge in [-0.1, -0.05) is 30.3 Å². The van der Waals surface area contributed by atoms with Crippen LogP contribution in [0.25, 0.3) is 5.69 Å². The number of ether oxygens (including phenoxy) is 2. The summed E-state index contributed by atoms with van der Waals surface area (Å²) >= 11 is 0. The Labute approximate surface area is 146 Å². The van der Waals surface area contributed by atoms with Gasteiger partial charge < -0.3 is 14.8 Å². The van der Waals surface area contributed by atoms with Crippen molar-refractivity contribution in [3.8, 4) is 17.2 Å². The smallest absolute Gasteiger partial charge is 0.258 e. The van der Waals surface area contributed by atoms with Gasteiger partial charge in [0.05, 0.1) is 12.8 Å². The molecule has 1 N–H and O–H groups in total. The summed E-state index contributed by atoms with van der Waals surface area (Å²) in [4.78, 5) is 12.1. The fourth-order valence-corrected chi connectivity index (χ4v) is 2.42. The minimum absolute atomic E-state index is 0.0791. The molecule has 0 bridgehead atoms. The topological polar surface area (TPSA) is 65.4 Å². The summed E-state index contributed by atoms with van der Waals surface area (Å²) in [7, 11) is 1.56. The molecule has 3 rings (SSSR count). The number of hydrogen-bond donors (Lipinski definition) is 1. The molecule has 3 aromatic rings. The molecule has 1 amide bonds. The molecule has 6 heteroatoms. The van der Waals surface area contributed by atoms with E-state index in [1.165, 1.54) is 0 Å². The van der Waals surface area contributed by atoms with Crippen molar-refractivity contribution in [3.05, 3.63) is 72.6 Å². The highest BCUT2D eigenvalue weighted by Crippen LogP contribution is 2.25. The number of nitrogens with one attached hydrogen (secondary N) is 1. The molecule has 0 radical (unpaired) electrons. The highest BCUT2D eigenvalue weighted by Gasteiger charge is 2.09. The molecule has 0 spiro atoms. The Balaban J connectivity index is 1.58. The lowest BCUT2D eigenvalue weighted by Crippen LogP contribution is -2.28. The number of aromatic nitrogens is 2. The molecule has 0 fully saturated rings. The van der Waals surface area contributed by atoms with Crippen LogP contribution in [0.15, 0.2) is 67.0 Å². The zero-order valence-electron chi connectivity index (χ0n) is 13.9. The van der Waals surface area contributed by atoms with Gasteiger partial charge >= 0.3 is 0 Å². The molecule has 0 aliphatic heterocycles. The van der Waals surface area contributed by atoms with Gasteiger partial charge in [-0.3, -0.25) is 4.79 Å². The summed E-state index contributed by atoms with van der Waals surface area (Å²) in [5.74, 6) is 0.928. The van der Waals surface area contributed by atoms with Crippen LogP contribution in [0.5, 0.6) is 11.5 Å². The van der Waals surface area contributed by atoms with Crippen LogP contribution in [-0.4, -0.2) is 29.4 Å². The zero-order valence-corrected chi connectivity index (χ0v) is 13.9. The summed E-state index contributed by atoms with van der Waals surface area (Å²) in [5.41, 5.74) is 1.90. The van der Waals surface area contributed by atoms with Gasteiger partial charge in [0.2, 0.25) is 0 Å². The number of benzene rings is 2. The van der Waals surface area contributed by atoms with E-state index in [2.05, 4.69) is 10.4 Å². The molecule has 2 aromatic carbocycles. The van der Waals surface area contributed by atoms with Crippen molar-refractivity contribution in [3.63, 3.8) is 0 Å². The summed E-state index contributed by atoms with van der Waals surface area (Å²) < 4.78 is 12.5. The van der Waals surface area contributed by atoms with Crippen molar-refractivity contribution >= 4 is 5.91 Å². The molecule has 6 nitrogen and oxygen atoms in total. The Morgan fingerprint density at radius 1 is 1.08 bits per heavy atom. The van der Waals surface area contributed by atoms with Gasteiger partial charge in [0.15, 0.2) is 18.1 Å². The minimum atomic E-state index is -0.207. The quantitative estimate of drug-likeness (QED) is 0.720. The molecule has 0 atom stereocenters. The lowest BCUT2D eigenvalue weighted by Gasteiger charge is -2.12. The molecule has 25 heavy (non-hydrogen) atoms. The highest BCUT2D eigenvalue weighted by atomic mass is 16.5. The fourth-order valence-electron chi connectivity index (χ4n) is 2.42. The second kappa shape index (κ2) is 8.01. The maximum Gasteiger partial charge on any atom is 0.258 e. The Morgan fingerprint density at radius 3 is 2.60 bits per heavy atom. The van der Waals surface area contributed by atoms with E-state index in [4.69, 9.17) is 9.47 Å². The number of carbonyl (C=O) groups excluding carboxylic acids is 1. The number of methoxy groups -OCH3 is 1. The van der Waals surface area contributed by atoms with Gasteiger partial charge in [-0.05, 0) is 29.8 Å². The second-order valence-corrected chi connectivity index (χ2v) is 5.30. The van der Waals surface area contributed by atoms with E-state index in [-0.39, 0.29) is 12.5 Å². The molecule has 0 saturated carbocycles. The minimum Gasteiger partial charge on any atom is -0.493 e. The second-order valence-electron chi connectivity index (χ2n) is 5.30. The third kappa shape index (κ3) is 4.17. The molecule has 0 aliphatic rings. The largest absolute Gasteiger partial charge is 0.493 e. The monoisotopic (exact) mass is 337 g/mol. The zero-order chi connectivity index (χ0) is 17.5. The number of para-hydroxylation sites is 3. The van der Waals surface area contributed by atoms with Crippen molar-refractivity contribution < 1.29 is 14.3 Å². The van der Waals surface area contributed by atoms with Gasteiger partial charge in [0.25, 0.3) is 5.91 Å². The normalized spacial score (nSPS) is 10.3. The maximum atomic E-state index is 12.1. The van der Waals surface area contributed by atoms with E-state index < -0.39 is 0 Å². The maximum absolute atomic E-state index is 12.1. The van der Waals surface area contributed by atoms with Crippen molar-refractivity contribution in [1.29, 1.82) is 0 Å². The van der Waals surface area contributed by atoms with Crippen LogP contribution in [0.4, 0.5) is 0 Å². The molecule has 1 heterocycles. The first kappa shape index (κ1) is 16.6. The van der Waals surface area contributed by atoms with Crippen molar-refractivity contribution in [2.75, 3.05) is 13.7 Å². The molecule has 128 valence electrons. The number of nitrogens with zero attached hydrogens (tertiary/aromatic N) is 2. The van der Waals surface area contributed by atoms with Crippen LogP contribution >= 0.6 is 0 Å². The van der Waals surface area contributed by atoms with Crippen LogP contribution in [0.3, 0.4) is 0 Å². The first-order valence-electron chi connectivity index (χ1n) is 7.88. The van der Waals surface area contributed by atoms with Crippen LogP contribution in [-0.2, 0) is 11.3 Å². The molecular formula is C19H19N3O3. The van der Waals surface area contributed by atoms with E-state index in [9.17, 15) is 4.79 Å². The first-order chi connectivity index (χ1) is 12.3. The van der Waals surface area contributed by atoms with Crippen LogP contribution in [0.2, 0.25) is 0 Å². The predicted molar refractivity (Wildman–Crippen MR) is 93.9 cm³/mol. The van der Waals surface area contributed by atoms with Crippen LogP contribution in [0.1, 0.15) is 5.56 Å². The van der Waals surface area contributed by atoms with Gasteiger partial charge in [-0.25, -0.2) is 4.68 Å². The van der Waals surface area contributed by atoms with E-state index in [0.29, 0.717) is 18.0 Å². The lowest BCUT2D eigenvalue weighted by molar-refractivity contribution is -0.123. The summed E-state index contributed by atoms with van der Waals surface area (Å²) in [5, 5.41) is 7.10. The van der Waals surface area contributed by atoms with Gasteiger partial charge in [0.1, 0.15) is 0 Å². The van der Waals surface area contributed by atoms with Gasteiger partial charge in [-0.2, -0.15) is 5.10 Å². The standard InChI is InChI=1S/C19H19N3O3/c1-24-17-9-4-5-10-18(17)25-14-19(23)20-13-15-7-2-3-8-16(15)22-12-6-11-21-22/h2-12H,13-14H2,1H3,(H,20,23). The summed E-state index contributed by atoms with van der Waals surface area (Å²) in [6, 6.07) is 16.9. The van der Waals surface area contributed by atoms with E-state index in [0.717, 1.165) is 11.3 Å². The Kier molecular flexibility index (Phi) is 5.31. The average molecular weight is 337 g/mol. The molecular weight excluding hydrogens is 318 g/mol. The van der Waals surface area contributed by atoms with E-state index in [1.807, 2.05) is 48.7 Å². The molecule has 0 unspecified atom stereocenters. The van der Waals surface area contributed by atoms with Gasteiger partial charge in [-0.15, -0.1) is 0 Å². The third-order valence-corrected chi connectivity index (χ3v) is 3.65. The number of hydrogen-bond acceptors (Lipinski definition) is 4. The average Bonchev–Trinajstić information content (AvgIpc) is 3.19. The molecule has 0 aliphatic carbocycles. The highest BCUT2D eigenvalue weighted by molar-refractivity contribution is 5.77. The molecule has 0 saturated heterocycles. The van der Waals surface area contributed by atoms with Crippen LogP contribution in [0, 0.1) is 0 Å². The Morgan fingerprint density at radius 2 is 1.84 bits per heavy atom. The molecule has 1 aromatic heterocycles. The van der Waals surface area contributed by atoms with Crippen molar-refractivity contribution in [1.82, 2.24) is 15.1 Å². The summed E-state index contributed by atoms with van der Waals surface area (Å²) in [6.07, 6.45) is 3.59. The summed E-state index contributed by atoms with van der Waals surface area (Å²) in [6.45, 7) is 0.314. The van der Waals surface area contributed by atoms with E-state index >= 15 is 0 Å². The van der Waals surface area contributed by atoms with Gasteiger partial charge in [0, 0.05) is 18.9 Å². The fraction of sp³-hybridized carbons (Fsp3) is 0.158. The van der Waals surface area contributed by atoms with E-state index in [1.54, 1.807) is 30.1 Å².